The molecule has 0 saturated heterocycles. The van der Waals surface area contributed by atoms with Gasteiger partial charge in [0, 0.05) is 5.92 Å². The molecule has 2 N–H and O–H groups in total. The first kappa shape index (κ1) is 15.4. The lowest BCUT2D eigenvalue weighted by molar-refractivity contribution is 0.928. The summed E-state index contributed by atoms with van der Waals surface area (Å²) in [5.41, 5.74) is 15.0. The van der Waals surface area contributed by atoms with E-state index in [9.17, 15) is 0 Å². The van der Waals surface area contributed by atoms with E-state index < -0.39 is 0 Å². The van der Waals surface area contributed by atoms with Crippen molar-refractivity contribution in [2.45, 2.75) is 5.92 Å². The molecule has 0 saturated carbocycles. The molecule has 3 nitrogen and oxygen atoms in total. The van der Waals surface area contributed by atoms with Crippen molar-refractivity contribution in [3.8, 4) is 0 Å². The molecule has 0 aliphatic rings. The lowest BCUT2D eigenvalue weighted by Crippen LogP contribution is -2.02. The van der Waals surface area contributed by atoms with Crippen LogP contribution >= 0.6 is 0 Å². The molecule has 0 fully saturated rings. The topological polar surface area (TPSA) is 61.8 Å². The third-order valence-corrected chi connectivity index (χ3v) is 3.40. The second kappa shape index (κ2) is 8.30. The van der Waals surface area contributed by atoms with Crippen LogP contribution in [0.3, 0.4) is 0 Å². The average molecular weight is 288 g/mol. The van der Waals surface area contributed by atoms with Gasteiger partial charge < -0.3 is 0 Å². The number of rotatable bonds is 3. The Bertz CT molecular complexity index is 610. The minimum Gasteiger partial charge on any atom is -0.0622 e. The largest absolute Gasteiger partial charge is 0.211 e. The van der Waals surface area contributed by atoms with Crippen molar-refractivity contribution < 1.29 is 0 Å². The molecule has 0 bridgehead atoms. The summed E-state index contributed by atoms with van der Waals surface area (Å²) in [5.74, 6) is 0.309. The summed E-state index contributed by atoms with van der Waals surface area (Å²) in [4.78, 5) is 2.00. The van der Waals surface area contributed by atoms with E-state index in [2.05, 4.69) is 91.0 Å². The summed E-state index contributed by atoms with van der Waals surface area (Å²) in [6.45, 7) is 0. The molecule has 0 aliphatic heterocycles. The lowest BCUT2D eigenvalue weighted by atomic mass is 9.85. The highest BCUT2D eigenvalue weighted by Gasteiger charge is 2.15. The maximum absolute atomic E-state index is 5.50. The maximum atomic E-state index is 5.50. The molecule has 3 aromatic rings. The van der Waals surface area contributed by atoms with E-state index in [-0.39, 0.29) is 0 Å². The van der Waals surface area contributed by atoms with Gasteiger partial charge in [0.05, 0.1) is 0 Å². The Kier molecular flexibility index (Phi) is 5.80. The fourth-order valence-corrected chi connectivity index (χ4v) is 2.51. The van der Waals surface area contributed by atoms with Crippen LogP contribution in [0.4, 0.5) is 0 Å². The van der Waals surface area contributed by atoms with Gasteiger partial charge in [-0.2, -0.15) is 0 Å². The van der Waals surface area contributed by atoms with Crippen LogP contribution in [0, 0.1) is 11.1 Å². The van der Waals surface area contributed by atoms with Crippen molar-refractivity contribution in [2.75, 3.05) is 0 Å². The van der Waals surface area contributed by atoms with Crippen LogP contribution in [0.15, 0.2) is 91.0 Å². The van der Waals surface area contributed by atoms with Crippen LogP contribution in [-0.2, 0) is 0 Å². The predicted molar refractivity (Wildman–Crippen MR) is 87.8 cm³/mol. The first-order chi connectivity index (χ1) is 10.9. The van der Waals surface area contributed by atoms with Gasteiger partial charge in [-0.1, -0.05) is 91.0 Å². The smallest absolute Gasteiger partial charge is 0.0622 e. The fourth-order valence-electron chi connectivity index (χ4n) is 2.51. The normalized spacial score (nSPS) is 9.50. The zero-order chi connectivity index (χ0) is 15.6. The Balaban J connectivity index is 0.000000545. The minimum absolute atomic E-state index is 0.309. The lowest BCUT2D eigenvalue weighted by Gasteiger charge is -2.18. The van der Waals surface area contributed by atoms with Crippen LogP contribution in [0.5, 0.6) is 0 Å². The number of nitrogens with one attached hydrogen (secondary N) is 2. The highest BCUT2D eigenvalue weighted by atomic mass is 15.0. The molecule has 0 aliphatic carbocycles. The molecule has 3 heteroatoms. The summed E-state index contributed by atoms with van der Waals surface area (Å²) >= 11 is 0. The molecular weight excluding hydrogens is 270 g/mol. The second-order valence-electron chi connectivity index (χ2n) is 4.78. The van der Waals surface area contributed by atoms with Crippen molar-refractivity contribution >= 4 is 0 Å². The maximum Gasteiger partial charge on any atom is 0.211 e. The highest BCUT2D eigenvalue weighted by molar-refractivity contribution is 5.42. The summed E-state index contributed by atoms with van der Waals surface area (Å²) in [6, 6.07) is 32.0. The number of nitrogens with zero attached hydrogens (tertiary/aromatic N) is 1. The minimum atomic E-state index is 0.309. The van der Waals surface area contributed by atoms with Crippen molar-refractivity contribution in [3.05, 3.63) is 108 Å². The average Bonchev–Trinajstić information content (AvgIpc) is 2.59. The van der Waals surface area contributed by atoms with E-state index in [1.807, 2.05) is 4.91 Å². The van der Waals surface area contributed by atoms with Gasteiger partial charge >= 0.3 is 0 Å². The summed E-state index contributed by atoms with van der Waals surface area (Å²) in [6.07, 6.45) is 0. The van der Waals surface area contributed by atoms with Gasteiger partial charge in [-0.05, 0) is 16.7 Å². The van der Waals surface area contributed by atoms with E-state index in [1.165, 1.54) is 16.7 Å². The Morgan fingerprint density at radius 1 is 0.500 bits per heavy atom. The Morgan fingerprint density at radius 3 is 0.955 bits per heavy atom. The summed E-state index contributed by atoms with van der Waals surface area (Å²) < 4.78 is 0. The van der Waals surface area contributed by atoms with E-state index in [1.54, 1.807) is 0 Å². The SMILES string of the molecule is N=[N+]=N.c1ccc(C(c2ccccc2)c2ccccc2)cc1. The van der Waals surface area contributed by atoms with Gasteiger partial charge in [-0.25, -0.2) is 0 Å². The molecule has 0 amide bonds. The third kappa shape index (κ3) is 3.98. The number of hydrogen-bond acceptors (Lipinski definition) is 2. The monoisotopic (exact) mass is 288 g/mol. The van der Waals surface area contributed by atoms with Crippen LogP contribution in [-0.4, -0.2) is 0 Å². The molecule has 108 valence electrons. The molecule has 3 rings (SSSR count). The first-order valence-electron chi connectivity index (χ1n) is 7.05. The second-order valence-corrected chi connectivity index (χ2v) is 4.78. The molecule has 3 aromatic carbocycles. The van der Waals surface area contributed by atoms with Gasteiger partial charge in [0.15, 0.2) is 0 Å². The van der Waals surface area contributed by atoms with E-state index in [4.69, 9.17) is 11.1 Å². The summed E-state index contributed by atoms with van der Waals surface area (Å²) in [7, 11) is 0. The quantitative estimate of drug-likeness (QED) is 0.388. The number of hydrogen-bond donors (Lipinski definition) is 2. The molecule has 0 spiro atoms. The van der Waals surface area contributed by atoms with Gasteiger partial charge in [0.25, 0.3) is 0 Å². The Labute approximate surface area is 130 Å². The molecule has 0 heterocycles. The number of benzene rings is 3. The van der Waals surface area contributed by atoms with Crippen LogP contribution < -0.4 is 4.91 Å². The first-order valence-corrected chi connectivity index (χ1v) is 7.05. The fraction of sp³-hybridized carbons (Fsp3) is 0.0526. The highest BCUT2D eigenvalue weighted by Crippen LogP contribution is 2.31. The molecule has 22 heavy (non-hydrogen) atoms. The van der Waals surface area contributed by atoms with E-state index in [0.717, 1.165) is 0 Å². The predicted octanol–water partition coefficient (Wildman–Crippen LogP) is 4.98. The van der Waals surface area contributed by atoms with Gasteiger partial charge in [0.1, 0.15) is 11.1 Å². The van der Waals surface area contributed by atoms with Crippen LogP contribution in [0.2, 0.25) is 0 Å². The molecule has 0 unspecified atom stereocenters. The van der Waals surface area contributed by atoms with Crippen molar-refractivity contribution in [3.63, 3.8) is 0 Å². The van der Waals surface area contributed by atoms with Crippen LogP contribution in [0.25, 0.3) is 0 Å². The van der Waals surface area contributed by atoms with Crippen molar-refractivity contribution in [1.29, 1.82) is 11.1 Å². The third-order valence-electron chi connectivity index (χ3n) is 3.40. The van der Waals surface area contributed by atoms with Crippen molar-refractivity contribution in [1.82, 2.24) is 4.91 Å². The standard InChI is InChI=1S/C19H16.H2N3/c1-4-10-16(11-5-1)19(17-12-6-2-7-13-17)18-14-8-3-9-15-18;1-3-2/h1-15,19H;1-2H/q;+1. The molecular formula is C19H18N3+. The van der Waals surface area contributed by atoms with E-state index in [0.29, 0.717) is 5.92 Å². The van der Waals surface area contributed by atoms with Gasteiger partial charge in [-0.15, -0.1) is 0 Å². The van der Waals surface area contributed by atoms with Gasteiger partial charge in [-0.3, -0.25) is 0 Å². The molecule has 0 aromatic heterocycles. The summed E-state index contributed by atoms with van der Waals surface area (Å²) in [5, 5.41) is 0. The van der Waals surface area contributed by atoms with Crippen molar-refractivity contribution in [2.24, 2.45) is 0 Å². The molecule has 0 radical (unpaired) electrons. The van der Waals surface area contributed by atoms with Gasteiger partial charge in [0.2, 0.25) is 4.91 Å². The molecule has 0 atom stereocenters. The Hall–Kier alpha value is -3.03. The zero-order valence-corrected chi connectivity index (χ0v) is 12.2. The zero-order valence-electron chi connectivity index (χ0n) is 12.2. The van der Waals surface area contributed by atoms with Crippen LogP contribution in [0.1, 0.15) is 22.6 Å². The van der Waals surface area contributed by atoms with E-state index >= 15 is 0 Å². The Morgan fingerprint density at radius 2 is 0.727 bits per heavy atom.